The van der Waals surface area contributed by atoms with Crippen LogP contribution in [-0.2, 0) is 17.7 Å². The zero-order valence-corrected chi connectivity index (χ0v) is 24.6. The maximum Gasteiger partial charge on any atom is 0.351 e. The van der Waals surface area contributed by atoms with Crippen molar-refractivity contribution in [3.05, 3.63) is 22.7 Å². The van der Waals surface area contributed by atoms with Gasteiger partial charge in [0.15, 0.2) is 6.23 Å². The molecule has 3 fully saturated rings. The molecule has 0 radical (unpaired) electrons. The molecular weight excluding hydrogens is 487 g/mol. The molecular formula is C23H41N3O5SSi2. The number of nitrogens with two attached hydrogens (primary N) is 1. The van der Waals surface area contributed by atoms with Crippen LogP contribution in [0.15, 0.2) is 17.1 Å². The number of hydrogen-bond acceptors (Lipinski definition) is 8. The molecule has 0 aromatic carbocycles. The van der Waals surface area contributed by atoms with Crippen LogP contribution in [0.25, 0.3) is 0 Å². The van der Waals surface area contributed by atoms with Gasteiger partial charge in [-0.1, -0.05) is 55.4 Å². The number of hydrogen-bond donors (Lipinski definition) is 1. The molecule has 0 amide bonds. The normalized spacial score (nSPS) is 32.8. The van der Waals surface area contributed by atoms with Gasteiger partial charge in [0.2, 0.25) is 0 Å². The van der Waals surface area contributed by atoms with E-state index >= 15 is 0 Å². The zero-order chi connectivity index (χ0) is 25.1. The van der Waals surface area contributed by atoms with Crippen LogP contribution >= 0.6 is 11.8 Å². The summed E-state index contributed by atoms with van der Waals surface area (Å²) < 4.78 is 29.4. The number of aromatic nitrogens is 2. The molecule has 192 valence electrons. The Morgan fingerprint density at radius 1 is 1.09 bits per heavy atom. The SMILES string of the molecule is CC(C)[Si]1(C(C)C)OC[C@H]2O[C@@H](n3ccc(N)nc3=O)[C@@]3(CCS3)[C@@H]2O[Si](C(C)C)(C(C)C)O1. The van der Waals surface area contributed by atoms with E-state index in [1.54, 1.807) is 16.8 Å². The lowest BCUT2D eigenvalue weighted by Gasteiger charge is -2.54. The lowest BCUT2D eigenvalue weighted by molar-refractivity contribution is -0.0570. The molecule has 2 N–H and O–H groups in total. The average Bonchev–Trinajstić information content (AvgIpc) is 3.00. The molecule has 1 aromatic rings. The third-order valence-corrected chi connectivity index (χ3v) is 19.6. The number of fused-ring (bicyclic) bond motifs is 2. The summed E-state index contributed by atoms with van der Waals surface area (Å²) in [5.41, 5.74) is 6.38. The third kappa shape index (κ3) is 3.95. The zero-order valence-electron chi connectivity index (χ0n) is 21.7. The van der Waals surface area contributed by atoms with Crippen molar-refractivity contribution in [2.24, 2.45) is 0 Å². The second-order valence-corrected chi connectivity index (χ2v) is 21.4. The minimum absolute atomic E-state index is 0.212. The molecule has 34 heavy (non-hydrogen) atoms. The van der Waals surface area contributed by atoms with Crippen LogP contribution in [0.4, 0.5) is 5.82 Å². The molecule has 0 unspecified atom stereocenters. The van der Waals surface area contributed by atoms with E-state index in [4.69, 9.17) is 23.4 Å². The second-order valence-electron chi connectivity index (χ2n) is 11.1. The highest BCUT2D eigenvalue weighted by atomic mass is 32.2. The monoisotopic (exact) mass is 527 g/mol. The smallest absolute Gasteiger partial charge is 0.351 e. The van der Waals surface area contributed by atoms with E-state index in [-0.39, 0.29) is 44.9 Å². The topological polar surface area (TPSA) is 97.8 Å². The lowest BCUT2D eigenvalue weighted by Crippen LogP contribution is -2.67. The first-order chi connectivity index (χ1) is 15.9. The molecule has 0 bridgehead atoms. The first-order valence-electron chi connectivity index (χ1n) is 12.6. The van der Waals surface area contributed by atoms with Gasteiger partial charge in [0.05, 0.1) is 17.5 Å². The number of nitrogens with zero attached hydrogens (tertiary/aromatic N) is 2. The minimum atomic E-state index is -2.77. The number of thioether (sulfide) groups is 1. The lowest BCUT2D eigenvalue weighted by atomic mass is 9.94. The Kier molecular flexibility index (Phi) is 7.22. The first-order valence-corrected chi connectivity index (χ1v) is 17.5. The average molecular weight is 528 g/mol. The van der Waals surface area contributed by atoms with Crippen LogP contribution in [0.2, 0.25) is 22.2 Å². The van der Waals surface area contributed by atoms with Gasteiger partial charge in [0.25, 0.3) is 0 Å². The van der Waals surface area contributed by atoms with Crippen molar-refractivity contribution in [2.75, 3.05) is 18.1 Å². The Morgan fingerprint density at radius 2 is 1.68 bits per heavy atom. The molecule has 3 aliphatic heterocycles. The second kappa shape index (κ2) is 9.31. The highest BCUT2D eigenvalue weighted by molar-refractivity contribution is 8.02. The maximum absolute atomic E-state index is 12.8. The number of rotatable bonds is 5. The van der Waals surface area contributed by atoms with Gasteiger partial charge in [-0.2, -0.15) is 4.98 Å². The molecule has 8 nitrogen and oxygen atoms in total. The molecule has 0 aliphatic carbocycles. The summed E-state index contributed by atoms with van der Waals surface area (Å²) in [7, 11) is -5.42. The number of nitrogen functional groups attached to an aromatic ring is 1. The molecule has 11 heteroatoms. The van der Waals surface area contributed by atoms with Crippen molar-refractivity contribution < 1.29 is 17.7 Å². The highest BCUT2D eigenvalue weighted by Crippen LogP contribution is 2.60. The summed E-state index contributed by atoms with van der Waals surface area (Å²) in [6.07, 6.45) is 1.62. The molecule has 3 aliphatic rings. The van der Waals surface area contributed by atoms with Crippen LogP contribution in [0.5, 0.6) is 0 Å². The van der Waals surface area contributed by atoms with Crippen LogP contribution < -0.4 is 11.4 Å². The Labute approximate surface area is 209 Å². The maximum atomic E-state index is 12.8. The fourth-order valence-corrected chi connectivity index (χ4v) is 18.6. The van der Waals surface area contributed by atoms with E-state index in [0.29, 0.717) is 6.61 Å². The number of anilines is 1. The molecule has 0 saturated carbocycles. The van der Waals surface area contributed by atoms with Crippen molar-refractivity contribution >= 4 is 34.7 Å². The third-order valence-electron chi connectivity index (χ3n) is 7.83. The predicted molar refractivity (Wildman–Crippen MR) is 140 cm³/mol. The molecule has 4 rings (SSSR count). The molecule has 1 spiro atoms. The summed E-state index contributed by atoms with van der Waals surface area (Å²) in [5.74, 6) is 1.21. The van der Waals surface area contributed by atoms with E-state index in [2.05, 4.69) is 60.4 Å². The van der Waals surface area contributed by atoms with E-state index in [9.17, 15) is 4.79 Å². The Hall–Kier alpha value is -0.696. The molecule has 3 saturated heterocycles. The van der Waals surface area contributed by atoms with Gasteiger partial charge < -0.3 is 23.4 Å². The van der Waals surface area contributed by atoms with E-state index in [1.807, 2.05) is 11.8 Å². The van der Waals surface area contributed by atoms with Crippen molar-refractivity contribution in [3.63, 3.8) is 0 Å². The fraction of sp³-hybridized carbons (Fsp3) is 0.826. The van der Waals surface area contributed by atoms with E-state index < -0.39 is 29.0 Å². The van der Waals surface area contributed by atoms with Crippen LogP contribution in [0, 0.1) is 0 Å². The van der Waals surface area contributed by atoms with Crippen LogP contribution in [0.3, 0.4) is 0 Å². The Balaban J connectivity index is 1.83. The van der Waals surface area contributed by atoms with Crippen molar-refractivity contribution in [1.29, 1.82) is 0 Å². The standard InChI is InChI=1S/C23H41N3O5SSi2/c1-14(2)33(15(3)4)28-13-18-20(30-34(31-33,16(5)6)17(7)8)23(10-12-32-23)21(29-18)26-11-9-19(24)25-22(26)27/h9,11,14-18,20-21H,10,12-13H2,1-8H3,(H2,24,25,27)/t18-,20-,21-,23-/m1/s1. The van der Waals surface area contributed by atoms with Gasteiger partial charge in [-0.05, 0) is 40.4 Å². The Morgan fingerprint density at radius 3 is 2.15 bits per heavy atom. The first kappa shape index (κ1) is 26.4. The van der Waals surface area contributed by atoms with E-state index in [0.717, 1.165) is 12.2 Å². The summed E-state index contributed by atoms with van der Waals surface area (Å²) in [6, 6.07) is 1.65. The van der Waals surface area contributed by atoms with Crippen LogP contribution in [0.1, 0.15) is 68.0 Å². The van der Waals surface area contributed by atoms with Gasteiger partial charge in [0.1, 0.15) is 11.9 Å². The van der Waals surface area contributed by atoms with E-state index in [1.165, 1.54) is 0 Å². The summed E-state index contributed by atoms with van der Waals surface area (Å²) >= 11 is 1.82. The minimum Gasteiger partial charge on any atom is -0.414 e. The van der Waals surface area contributed by atoms with Gasteiger partial charge >= 0.3 is 22.8 Å². The molecule has 4 heterocycles. The summed E-state index contributed by atoms with van der Waals surface area (Å²) in [4.78, 5) is 16.8. The van der Waals surface area contributed by atoms with Crippen molar-refractivity contribution in [2.45, 2.75) is 107 Å². The quantitative estimate of drug-likeness (QED) is 0.557. The summed E-state index contributed by atoms with van der Waals surface area (Å²) in [6.45, 7) is 18.2. The van der Waals surface area contributed by atoms with Gasteiger partial charge in [-0.15, -0.1) is 11.8 Å². The predicted octanol–water partition coefficient (Wildman–Crippen LogP) is 4.56. The molecule has 1 aromatic heterocycles. The van der Waals surface area contributed by atoms with Crippen LogP contribution in [-0.4, -0.2) is 56.0 Å². The Bertz CT molecular complexity index is 937. The number of ether oxygens (including phenoxy) is 1. The van der Waals surface area contributed by atoms with Gasteiger partial charge in [-0.3, -0.25) is 4.57 Å². The molecule has 4 atom stereocenters. The van der Waals surface area contributed by atoms with Gasteiger partial charge in [-0.25, -0.2) is 4.79 Å². The van der Waals surface area contributed by atoms with Gasteiger partial charge in [0, 0.05) is 6.20 Å². The summed E-state index contributed by atoms with van der Waals surface area (Å²) in [5, 5.41) is 0. The fourth-order valence-electron chi connectivity index (χ4n) is 5.90. The largest absolute Gasteiger partial charge is 0.414 e. The highest BCUT2D eigenvalue weighted by Gasteiger charge is 2.67. The van der Waals surface area contributed by atoms with Crippen molar-refractivity contribution in [3.8, 4) is 0 Å². The van der Waals surface area contributed by atoms with Crippen molar-refractivity contribution in [1.82, 2.24) is 9.55 Å².